The van der Waals surface area contributed by atoms with E-state index in [2.05, 4.69) is 0 Å². The molecule has 0 heterocycles. The number of carbonyl (C=O) groups excluding carboxylic acids is 1. The molecule has 76 valence electrons. The normalized spacial score (nSPS) is 9.57. The Hall–Kier alpha value is -1.71. The molecule has 0 bridgehead atoms. The number of esters is 1. The molecule has 0 unspecified atom stereocenters. The first-order valence-electron chi connectivity index (χ1n) is 4.27. The fourth-order valence-corrected chi connectivity index (χ4v) is 1.00. The predicted molar refractivity (Wildman–Crippen MR) is 50.6 cm³/mol. The Morgan fingerprint density at radius 2 is 2.21 bits per heavy atom. The van der Waals surface area contributed by atoms with E-state index >= 15 is 0 Å². The molecule has 1 rings (SSSR count). The van der Waals surface area contributed by atoms with Crippen molar-refractivity contribution < 1.29 is 19.4 Å². The average molecular weight is 196 g/mol. The maximum Gasteiger partial charge on any atom is 0.308 e. The minimum atomic E-state index is -0.423. The van der Waals surface area contributed by atoms with Crippen LogP contribution in [0.1, 0.15) is 13.8 Å². The van der Waals surface area contributed by atoms with Crippen LogP contribution in [0.15, 0.2) is 18.2 Å². The zero-order chi connectivity index (χ0) is 10.6. The molecule has 0 aliphatic rings. The summed E-state index contributed by atoms with van der Waals surface area (Å²) in [5.74, 6) is 0.223. The maximum absolute atomic E-state index is 10.6. The predicted octanol–water partition coefficient (Wildman–Crippen LogP) is 1.72. The van der Waals surface area contributed by atoms with Gasteiger partial charge in [-0.25, -0.2) is 0 Å². The summed E-state index contributed by atoms with van der Waals surface area (Å²) in [6.45, 7) is 3.59. The molecule has 0 aliphatic carbocycles. The molecule has 0 aromatic heterocycles. The third kappa shape index (κ3) is 2.65. The van der Waals surface area contributed by atoms with Gasteiger partial charge in [0.15, 0.2) is 11.5 Å². The highest BCUT2D eigenvalue weighted by Crippen LogP contribution is 2.30. The molecular weight excluding hydrogens is 184 g/mol. The number of carbonyl (C=O) groups is 1. The summed E-state index contributed by atoms with van der Waals surface area (Å²) in [4.78, 5) is 10.6. The number of hydrogen-bond acceptors (Lipinski definition) is 4. The summed E-state index contributed by atoms with van der Waals surface area (Å²) in [5, 5.41) is 9.42. The summed E-state index contributed by atoms with van der Waals surface area (Å²) in [5.41, 5.74) is 0. The van der Waals surface area contributed by atoms with Gasteiger partial charge < -0.3 is 14.6 Å². The summed E-state index contributed by atoms with van der Waals surface area (Å²) in [7, 11) is 0. The highest BCUT2D eigenvalue weighted by Gasteiger charge is 2.05. The quantitative estimate of drug-likeness (QED) is 0.590. The SMILES string of the molecule is CCOc1ccc(OC(C)=O)cc1O. The van der Waals surface area contributed by atoms with Crippen LogP contribution in [0.4, 0.5) is 0 Å². The van der Waals surface area contributed by atoms with Crippen molar-refractivity contribution in [2.45, 2.75) is 13.8 Å². The van der Waals surface area contributed by atoms with E-state index in [4.69, 9.17) is 9.47 Å². The van der Waals surface area contributed by atoms with E-state index in [9.17, 15) is 9.90 Å². The molecule has 14 heavy (non-hydrogen) atoms. The molecule has 0 spiro atoms. The van der Waals surface area contributed by atoms with Crippen molar-refractivity contribution in [2.75, 3.05) is 6.61 Å². The zero-order valence-electron chi connectivity index (χ0n) is 8.11. The number of phenolic OH excluding ortho intramolecular Hbond substituents is 1. The first kappa shape index (κ1) is 10.4. The standard InChI is InChI=1S/C10H12O4/c1-3-13-10-5-4-8(6-9(10)12)14-7(2)11/h4-6,12H,3H2,1-2H3. The topological polar surface area (TPSA) is 55.8 Å². The molecule has 0 atom stereocenters. The smallest absolute Gasteiger partial charge is 0.308 e. The van der Waals surface area contributed by atoms with Crippen molar-refractivity contribution in [1.82, 2.24) is 0 Å². The Morgan fingerprint density at radius 3 is 2.71 bits per heavy atom. The average Bonchev–Trinajstić information content (AvgIpc) is 2.09. The van der Waals surface area contributed by atoms with Gasteiger partial charge in [-0.15, -0.1) is 0 Å². The summed E-state index contributed by atoms with van der Waals surface area (Å²) < 4.78 is 9.88. The lowest BCUT2D eigenvalue weighted by molar-refractivity contribution is -0.131. The molecule has 1 aromatic rings. The van der Waals surface area contributed by atoms with Crippen LogP contribution < -0.4 is 9.47 Å². The minimum Gasteiger partial charge on any atom is -0.504 e. The van der Waals surface area contributed by atoms with Crippen LogP contribution in [0, 0.1) is 0 Å². The van der Waals surface area contributed by atoms with Gasteiger partial charge in [-0.2, -0.15) is 0 Å². The van der Waals surface area contributed by atoms with E-state index in [1.807, 2.05) is 6.92 Å². The number of phenols is 1. The Kier molecular flexibility index (Phi) is 3.34. The van der Waals surface area contributed by atoms with Crippen molar-refractivity contribution in [2.24, 2.45) is 0 Å². The molecular formula is C10H12O4. The maximum atomic E-state index is 10.6. The first-order chi connectivity index (χ1) is 6.63. The van der Waals surface area contributed by atoms with E-state index in [-0.39, 0.29) is 5.75 Å². The van der Waals surface area contributed by atoms with Gasteiger partial charge in [-0.1, -0.05) is 0 Å². The first-order valence-corrected chi connectivity index (χ1v) is 4.27. The lowest BCUT2D eigenvalue weighted by Crippen LogP contribution is -2.01. The van der Waals surface area contributed by atoms with Crippen molar-refractivity contribution in [3.05, 3.63) is 18.2 Å². The number of ether oxygens (including phenoxy) is 2. The minimum absolute atomic E-state index is 0.0365. The second-order valence-electron chi connectivity index (χ2n) is 2.66. The lowest BCUT2D eigenvalue weighted by Gasteiger charge is -2.07. The van der Waals surface area contributed by atoms with Gasteiger partial charge in [-0.05, 0) is 19.1 Å². The van der Waals surface area contributed by atoms with E-state index in [0.717, 1.165) is 0 Å². The molecule has 0 saturated heterocycles. The fourth-order valence-electron chi connectivity index (χ4n) is 1.00. The molecule has 0 fully saturated rings. The Morgan fingerprint density at radius 1 is 1.50 bits per heavy atom. The number of aromatic hydroxyl groups is 1. The second kappa shape index (κ2) is 4.50. The van der Waals surface area contributed by atoms with Crippen LogP contribution in [0.3, 0.4) is 0 Å². The monoisotopic (exact) mass is 196 g/mol. The van der Waals surface area contributed by atoms with Gasteiger partial charge in [0.1, 0.15) is 5.75 Å². The molecule has 1 aromatic carbocycles. The summed E-state index contributed by atoms with van der Waals surface area (Å²) >= 11 is 0. The molecule has 4 nitrogen and oxygen atoms in total. The van der Waals surface area contributed by atoms with Gasteiger partial charge >= 0.3 is 5.97 Å². The Balaban J connectivity index is 2.83. The highest BCUT2D eigenvalue weighted by atomic mass is 16.5. The van der Waals surface area contributed by atoms with Crippen LogP contribution in [-0.4, -0.2) is 17.7 Å². The van der Waals surface area contributed by atoms with E-state index in [1.165, 1.54) is 13.0 Å². The molecule has 1 N–H and O–H groups in total. The van der Waals surface area contributed by atoms with Crippen molar-refractivity contribution in [3.8, 4) is 17.2 Å². The van der Waals surface area contributed by atoms with Crippen LogP contribution in [-0.2, 0) is 4.79 Å². The van der Waals surface area contributed by atoms with Crippen LogP contribution in [0.5, 0.6) is 17.2 Å². The summed E-state index contributed by atoms with van der Waals surface area (Å²) in [6, 6.07) is 4.45. The van der Waals surface area contributed by atoms with E-state index in [1.54, 1.807) is 12.1 Å². The largest absolute Gasteiger partial charge is 0.504 e. The molecule has 0 aliphatic heterocycles. The molecule has 0 saturated carbocycles. The Labute approximate surface area is 82.1 Å². The lowest BCUT2D eigenvalue weighted by atomic mass is 10.3. The van der Waals surface area contributed by atoms with Crippen LogP contribution in [0.25, 0.3) is 0 Å². The summed E-state index contributed by atoms with van der Waals surface area (Å²) in [6.07, 6.45) is 0. The molecule has 0 amide bonds. The van der Waals surface area contributed by atoms with Gasteiger partial charge in [0.25, 0.3) is 0 Å². The van der Waals surface area contributed by atoms with Gasteiger partial charge in [0, 0.05) is 13.0 Å². The third-order valence-electron chi connectivity index (χ3n) is 1.49. The number of rotatable bonds is 3. The van der Waals surface area contributed by atoms with Crippen molar-refractivity contribution in [1.29, 1.82) is 0 Å². The van der Waals surface area contributed by atoms with E-state index in [0.29, 0.717) is 18.1 Å². The fraction of sp³-hybridized carbons (Fsp3) is 0.300. The van der Waals surface area contributed by atoms with Crippen LogP contribution in [0.2, 0.25) is 0 Å². The van der Waals surface area contributed by atoms with Gasteiger partial charge in [0.2, 0.25) is 0 Å². The highest BCUT2D eigenvalue weighted by molar-refractivity contribution is 5.69. The van der Waals surface area contributed by atoms with Crippen molar-refractivity contribution >= 4 is 5.97 Å². The second-order valence-corrected chi connectivity index (χ2v) is 2.66. The van der Waals surface area contributed by atoms with Gasteiger partial charge in [-0.3, -0.25) is 4.79 Å². The molecule has 4 heteroatoms. The number of benzene rings is 1. The third-order valence-corrected chi connectivity index (χ3v) is 1.49. The zero-order valence-corrected chi connectivity index (χ0v) is 8.11. The number of hydrogen-bond donors (Lipinski definition) is 1. The van der Waals surface area contributed by atoms with Gasteiger partial charge in [0.05, 0.1) is 6.61 Å². The van der Waals surface area contributed by atoms with Crippen LogP contribution >= 0.6 is 0 Å². The Bertz CT molecular complexity index is 333. The molecule has 0 radical (unpaired) electrons. The van der Waals surface area contributed by atoms with E-state index < -0.39 is 5.97 Å². The van der Waals surface area contributed by atoms with Crippen molar-refractivity contribution in [3.63, 3.8) is 0 Å².